The van der Waals surface area contributed by atoms with Crippen molar-refractivity contribution >= 4 is 33.4 Å². The van der Waals surface area contributed by atoms with E-state index in [1.807, 2.05) is 12.1 Å². The van der Waals surface area contributed by atoms with E-state index in [9.17, 15) is 4.79 Å². The Hall–Kier alpha value is -2.64. The summed E-state index contributed by atoms with van der Waals surface area (Å²) in [6.45, 7) is 2.81. The van der Waals surface area contributed by atoms with Crippen molar-refractivity contribution in [3.8, 4) is 5.75 Å². The van der Waals surface area contributed by atoms with Gasteiger partial charge in [-0.3, -0.25) is 0 Å². The van der Waals surface area contributed by atoms with E-state index >= 15 is 0 Å². The molecule has 0 saturated carbocycles. The Morgan fingerprint density at radius 2 is 2.07 bits per heavy atom. The topological polar surface area (TPSA) is 71.9 Å². The van der Waals surface area contributed by atoms with Crippen molar-refractivity contribution in [1.29, 1.82) is 0 Å². The van der Waals surface area contributed by atoms with Crippen molar-refractivity contribution in [3.05, 3.63) is 54.1 Å². The number of aromatic carboxylic acids is 1. The van der Waals surface area contributed by atoms with Crippen molar-refractivity contribution in [2.24, 2.45) is 0 Å². The van der Waals surface area contributed by atoms with Crippen LogP contribution >= 0.6 is 11.5 Å². The van der Waals surface area contributed by atoms with Crippen molar-refractivity contribution in [2.45, 2.75) is 12.5 Å². The number of aromatic nitrogens is 1. The molecule has 0 amide bonds. The van der Waals surface area contributed by atoms with Crippen molar-refractivity contribution < 1.29 is 19.4 Å². The summed E-state index contributed by atoms with van der Waals surface area (Å²) >= 11 is 1.53. The Bertz CT molecular complexity index is 925. The SMILES string of the molecule is O=C(O)c1ccc(OCCC2CN(c3nsc4ccccc34)CCO2)cc1. The molecule has 0 radical (unpaired) electrons. The predicted molar refractivity (Wildman–Crippen MR) is 105 cm³/mol. The fraction of sp³-hybridized carbons (Fsp3) is 0.300. The first kappa shape index (κ1) is 17.8. The van der Waals surface area contributed by atoms with Crippen LogP contribution in [-0.4, -0.2) is 47.9 Å². The Morgan fingerprint density at radius 3 is 2.89 bits per heavy atom. The molecule has 4 rings (SSSR count). The molecule has 2 heterocycles. The molecule has 6 nitrogen and oxygen atoms in total. The van der Waals surface area contributed by atoms with E-state index in [0.717, 1.165) is 25.3 Å². The number of rotatable bonds is 6. The van der Waals surface area contributed by atoms with Gasteiger partial charge in [0.15, 0.2) is 0 Å². The minimum Gasteiger partial charge on any atom is -0.493 e. The van der Waals surface area contributed by atoms with Crippen LogP contribution in [0.2, 0.25) is 0 Å². The van der Waals surface area contributed by atoms with Gasteiger partial charge in [0.2, 0.25) is 0 Å². The fourth-order valence-electron chi connectivity index (χ4n) is 3.19. The van der Waals surface area contributed by atoms with Gasteiger partial charge in [0.05, 0.1) is 29.6 Å². The van der Waals surface area contributed by atoms with E-state index in [-0.39, 0.29) is 11.7 Å². The van der Waals surface area contributed by atoms with E-state index in [2.05, 4.69) is 21.4 Å². The summed E-state index contributed by atoms with van der Waals surface area (Å²) in [5.41, 5.74) is 0.254. The lowest BCUT2D eigenvalue weighted by Crippen LogP contribution is -2.43. The zero-order valence-electron chi connectivity index (χ0n) is 14.7. The standard InChI is InChI=1S/C20H20N2O4S/c23-20(24)14-5-7-15(8-6-14)25-11-9-16-13-22(10-12-26-16)19-17-3-1-2-4-18(17)27-21-19/h1-8,16H,9-13H2,(H,23,24). The zero-order valence-corrected chi connectivity index (χ0v) is 15.5. The van der Waals surface area contributed by atoms with E-state index in [1.54, 1.807) is 24.3 Å². The van der Waals surface area contributed by atoms with Crippen LogP contribution in [-0.2, 0) is 4.74 Å². The molecule has 27 heavy (non-hydrogen) atoms. The highest BCUT2D eigenvalue weighted by molar-refractivity contribution is 7.13. The van der Waals surface area contributed by atoms with E-state index in [1.165, 1.54) is 21.6 Å². The average molecular weight is 384 g/mol. The number of carboxylic acid groups (broad SMARTS) is 1. The number of ether oxygens (including phenoxy) is 2. The highest BCUT2D eigenvalue weighted by Gasteiger charge is 2.23. The third kappa shape index (κ3) is 4.04. The first-order valence-corrected chi connectivity index (χ1v) is 9.65. The van der Waals surface area contributed by atoms with Crippen LogP contribution in [0.15, 0.2) is 48.5 Å². The van der Waals surface area contributed by atoms with Gasteiger partial charge < -0.3 is 19.5 Å². The quantitative estimate of drug-likeness (QED) is 0.699. The van der Waals surface area contributed by atoms with Crippen LogP contribution in [0.5, 0.6) is 5.75 Å². The number of fused-ring (bicyclic) bond motifs is 1. The third-order valence-electron chi connectivity index (χ3n) is 4.61. The highest BCUT2D eigenvalue weighted by atomic mass is 32.1. The number of nitrogens with zero attached hydrogens (tertiary/aromatic N) is 2. The van der Waals surface area contributed by atoms with Gasteiger partial charge in [0.1, 0.15) is 11.6 Å². The number of carboxylic acids is 1. The number of hydrogen-bond acceptors (Lipinski definition) is 6. The molecule has 1 atom stereocenters. The molecule has 1 fully saturated rings. The minimum atomic E-state index is -0.938. The Kier molecular flexibility index (Phi) is 5.22. The summed E-state index contributed by atoms with van der Waals surface area (Å²) in [4.78, 5) is 13.2. The van der Waals surface area contributed by atoms with Crippen molar-refractivity contribution in [3.63, 3.8) is 0 Å². The van der Waals surface area contributed by atoms with Crippen molar-refractivity contribution in [2.75, 3.05) is 31.2 Å². The summed E-state index contributed by atoms with van der Waals surface area (Å²) in [5, 5.41) is 10.1. The van der Waals surface area contributed by atoms with Gasteiger partial charge in [-0.2, -0.15) is 4.37 Å². The second-order valence-corrected chi connectivity index (χ2v) is 7.21. The smallest absolute Gasteiger partial charge is 0.335 e. The normalized spacial score (nSPS) is 17.2. The Labute approximate surface area is 161 Å². The summed E-state index contributed by atoms with van der Waals surface area (Å²) in [6, 6.07) is 14.7. The first-order chi connectivity index (χ1) is 13.2. The third-order valence-corrected chi connectivity index (χ3v) is 5.42. The van der Waals surface area contributed by atoms with Gasteiger partial charge in [-0.05, 0) is 47.9 Å². The van der Waals surface area contributed by atoms with E-state index < -0.39 is 5.97 Å². The Balaban J connectivity index is 1.33. The largest absolute Gasteiger partial charge is 0.493 e. The van der Waals surface area contributed by atoms with E-state index in [4.69, 9.17) is 14.6 Å². The molecular formula is C20H20N2O4S. The number of carbonyl (C=O) groups is 1. The van der Waals surface area contributed by atoms with Crippen LogP contribution in [0.4, 0.5) is 5.82 Å². The minimum absolute atomic E-state index is 0.0810. The second-order valence-electron chi connectivity index (χ2n) is 6.41. The molecule has 1 saturated heterocycles. The molecule has 140 valence electrons. The second kappa shape index (κ2) is 7.94. The zero-order chi connectivity index (χ0) is 18.6. The van der Waals surface area contributed by atoms with Gasteiger partial charge in [0.25, 0.3) is 0 Å². The summed E-state index contributed by atoms with van der Waals surface area (Å²) < 4.78 is 17.5. The molecule has 1 aromatic heterocycles. The van der Waals surface area contributed by atoms with Crippen LogP contribution in [0, 0.1) is 0 Å². The van der Waals surface area contributed by atoms with Crippen LogP contribution in [0.3, 0.4) is 0 Å². The molecule has 0 bridgehead atoms. The van der Waals surface area contributed by atoms with Crippen molar-refractivity contribution in [1.82, 2.24) is 4.37 Å². The molecule has 0 spiro atoms. The molecule has 1 N–H and O–H groups in total. The van der Waals surface area contributed by atoms with Crippen LogP contribution < -0.4 is 9.64 Å². The summed E-state index contributed by atoms with van der Waals surface area (Å²) in [7, 11) is 0. The van der Waals surface area contributed by atoms with Gasteiger partial charge in [-0.25, -0.2) is 4.79 Å². The maximum absolute atomic E-state index is 10.9. The van der Waals surface area contributed by atoms with Gasteiger partial charge in [0, 0.05) is 24.9 Å². The summed E-state index contributed by atoms with van der Waals surface area (Å²) in [5.74, 6) is 0.763. The predicted octanol–water partition coefficient (Wildman–Crippen LogP) is 3.67. The maximum atomic E-state index is 10.9. The number of benzene rings is 2. The lowest BCUT2D eigenvalue weighted by molar-refractivity contribution is 0.0267. The molecule has 3 aromatic rings. The number of anilines is 1. The molecule has 7 heteroatoms. The van der Waals surface area contributed by atoms with Crippen LogP contribution in [0.25, 0.3) is 10.1 Å². The number of hydrogen-bond donors (Lipinski definition) is 1. The molecular weight excluding hydrogens is 364 g/mol. The van der Waals surface area contributed by atoms with Gasteiger partial charge in [-0.15, -0.1) is 0 Å². The highest BCUT2D eigenvalue weighted by Crippen LogP contribution is 2.30. The van der Waals surface area contributed by atoms with Gasteiger partial charge in [-0.1, -0.05) is 12.1 Å². The lowest BCUT2D eigenvalue weighted by Gasteiger charge is -2.33. The van der Waals surface area contributed by atoms with Gasteiger partial charge >= 0.3 is 5.97 Å². The van der Waals surface area contributed by atoms with E-state index in [0.29, 0.717) is 19.0 Å². The first-order valence-electron chi connectivity index (χ1n) is 8.88. The average Bonchev–Trinajstić information content (AvgIpc) is 3.13. The number of morpholine rings is 1. The monoisotopic (exact) mass is 384 g/mol. The Morgan fingerprint density at radius 1 is 1.26 bits per heavy atom. The molecule has 1 aliphatic heterocycles. The maximum Gasteiger partial charge on any atom is 0.335 e. The summed E-state index contributed by atoms with van der Waals surface area (Å²) in [6.07, 6.45) is 0.844. The fourth-order valence-corrected chi connectivity index (χ4v) is 3.98. The molecule has 1 aliphatic rings. The molecule has 1 unspecified atom stereocenters. The van der Waals surface area contributed by atoms with Crippen LogP contribution in [0.1, 0.15) is 16.8 Å². The molecule has 2 aromatic carbocycles. The molecule has 0 aliphatic carbocycles. The lowest BCUT2D eigenvalue weighted by atomic mass is 10.2.